The lowest BCUT2D eigenvalue weighted by Crippen LogP contribution is -2.47. The van der Waals surface area contributed by atoms with Gasteiger partial charge in [-0.1, -0.05) is 18.2 Å². The Balaban J connectivity index is 1.48. The Hall–Kier alpha value is -2.53. The zero-order valence-electron chi connectivity index (χ0n) is 14.7. The number of benzene rings is 2. The van der Waals surface area contributed by atoms with Gasteiger partial charge in [-0.3, -0.25) is 9.47 Å². The fourth-order valence-corrected chi connectivity index (χ4v) is 3.48. The molecular weight excluding hydrogens is 314 g/mol. The molecule has 5 nitrogen and oxygen atoms in total. The van der Waals surface area contributed by atoms with E-state index in [-0.39, 0.29) is 5.76 Å². The first-order valence-corrected chi connectivity index (χ1v) is 8.74. The molecule has 3 aromatic rings. The molecular formula is C20H23N3O2. The van der Waals surface area contributed by atoms with E-state index in [4.69, 9.17) is 4.42 Å². The van der Waals surface area contributed by atoms with Crippen molar-refractivity contribution in [3.63, 3.8) is 0 Å². The zero-order chi connectivity index (χ0) is 17.4. The summed E-state index contributed by atoms with van der Waals surface area (Å²) in [5, 5.41) is 0. The summed E-state index contributed by atoms with van der Waals surface area (Å²) in [4.78, 5) is 16.9. The van der Waals surface area contributed by atoms with Crippen LogP contribution in [0.15, 0.2) is 51.7 Å². The molecule has 1 aliphatic rings. The Morgan fingerprint density at radius 3 is 2.48 bits per heavy atom. The quantitative estimate of drug-likeness (QED) is 0.737. The van der Waals surface area contributed by atoms with Crippen molar-refractivity contribution in [1.82, 2.24) is 9.47 Å². The predicted octanol–water partition coefficient (Wildman–Crippen LogP) is 2.99. The van der Waals surface area contributed by atoms with Crippen molar-refractivity contribution < 1.29 is 4.42 Å². The molecule has 1 aromatic heterocycles. The third kappa shape index (κ3) is 3.20. The van der Waals surface area contributed by atoms with E-state index in [1.165, 1.54) is 11.3 Å². The second kappa shape index (κ2) is 6.41. The molecule has 4 rings (SSSR count). The molecule has 0 bridgehead atoms. The monoisotopic (exact) mass is 337 g/mol. The van der Waals surface area contributed by atoms with Gasteiger partial charge in [0, 0.05) is 31.9 Å². The minimum absolute atomic E-state index is 0.276. The van der Waals surface area contributed by atoms with E-state index in [0.29, 0.717) is 12.3 Å². The van der Waals surface area contributed by atoms with E-state index >= 15 is 0 Å². The van der Waals surface area contributed by atoms with Gasteiger partial charge in [-0.15, -0.1) is 0 Å². The number of aromatic nitrogens is 1. The molecule has 0 spiro atoms. The number of oxazole rings is 1. The maximum absolute atomic E-state index is 12.2. The molecule has 0 aliphatic carbocycles. The topological polar surface area (TPSA) is 41.6 Å². The molecule has 0 radical (unpaired) electrons. The average molecular weight is 337 g/mol. The number of fused-ring (bicyclic) bond motifs is 1. The van der Waals surface area contributed by atoms with Crippen molar-refractivity contribution >= 4 is 16.8 Å². The van der Waals surface area contributed by atoms with Gasteiger partial charge in [0.05, 0.1) is 12.2 Å². The van der Waals surface area contributed by atoms with Gasteiger partial charge in [0.1, 0.15) is 0 Å². The molecule has 0 unspecified atom stereocenters. The van der Waals surface area contributed by atoms with Crippen molar-refractivity contribution in [2.24, 2.45) is 0 Å². The number of anilines is 1. The predicted molar refractivity (Wildman–Crippen MR) is 100 cm³/mol. The highest BCUT2D eigenvalue weighted by Crippen LogP contribution is 2.19. The summed E-state index contributed by atoms with van der Waals surface area (Å²) in [5.74, 6) is -0.276. The third-order valence-electron chi connectivity index (χ3n) is 4.90. The highest BCUT2D eigenvalue weighted by molar-refractivity contribution is 5.73. The van der Waals surface area contributed by atoms with E-state index < -0.39 is 0 Å². The fraction of sp³-hybridized carbons (Fsp3) is 0.350. The Morgan fingerprint density at radius 2 is 1.72 bits per heavy atom. The Kier molecular flexibility index (Phi) is 4.09. The highest BCUT2D eigenvalue weighted by atomic mass is 16.4. The van der Waals surface area contributed by atoms with E-state index in [1.807, 2.05) is 25.1 Å². The number of piperazine rings is 1. The summed E-state index contributed by atoms with van der Waals surface area (Å²) >= 11 is 0. The van der Waals surface area contributed by atoms with Crippen molar-refractivity contribution in [3.8, 4) is 0 Å². The van der Waals surface area contributed by atoms with Crippen LogP contribution >= 0.6 is 0 Å². The van der Waals surface area contributed by atoms with E-state index in [2.05, 4.69) is 41.0 Å². The lowest BCUT2D eigenvalue weighted by Gasteiger charge is -2.36. The van der Waals surface area contributed by atoms with Crippen molar-refractivity contribution in [2.75, 3.05) is 31.1 Å². The van der Waals surface area contributed by atoms with Crippen molar-refractivity contribution in [1.29, 1.82) is 0 Å². The Labute approximate surface area is 147 Å². The molecule has 2 heterocycles. The normalized spacial score (nSPS) is 15.8. The SMILES string of the molecule is Cc1cccc(N2CCN(Cn3c(=O)oc4ccc(C)cc43)CC2)c1. The van der Waals surface area contributed by atoms with Crippen LogP contribution in [0.3, 0.4) is 0 Å². The minimum Gasteiger partial charge on any atom is -0.408 e. The average Bonchev–Trinajstić information content (AvgIpc) is 2.91. The van der Waals surface area contributed by atoms with E-state index in [9.17, 15) is 4.79 Å². The first kappa shape index (κ1) is 16.0. The van der Waals surface area contributed by atoms with Gasteiger partial charge in [-0.2, -0.15) is 0 Å². The molecule has 0 saturated carbocycles. The van der Waals surface area contributed by atoms with Crippen LogP contribution in [-0.2, 0) is 6.67 Å². The van der Waals surface area contributed by atoms with Gasteiger partial charge < -0.3 is 9.32 Å². The smallest absolute Gasteiger partial charge is 0.408 e. The first-order valence-electron chi connectivity index (χ1n) is 8.74. The van der Waals surface area contributed by atoms with Gasteiger partial charge in [0.2, 0.25) is 0 Å². The number of rotatable bonds is 3. The molecule has 2 aromatic carbocycles. The zero-order valence-corrected chi connectivity index (χ0v) is 14.7. The maximum Gasteiger partial charge on any atom is 0.421 e. The molecule has 0 N–H and O–H groups in total. The summed E-state index contributed by atoms with van der Waals surface area (Å²) in [6, 6.07) is 14.5. The minimum atomic E-state index is -0.276. The lowest BCUT2D eigenvalue weighted by molar-refractivity contribution is 0.202. The Morgan fingerprint density at radius 1 is 0.960 bits per heavy atom. The molecule has 0 amide bonds. The summed E-state index contributed by atoms with van der Waals surface area (Å²) in [5.41, 5.74) is 5.24. The van der Waals surface area contributed by atoms with Crippen LogP contribution in [0.25, 0.3) is 11.1 Å². The van der Waals surface area contributed by atoms with Gasteiger partial charge in [0.25, 0.3) is 0 Å². The van der Waals surface area contributed by atoms with Crippen LogP contribution < -0.4 is 10.7 Å². The molecule has 25 heavy (non-hydrogen) atoms. The van der Waals surface area contributed by atoms with E-state index in [1.54, 1.807) is 4.57 Å². The van der Waals surface area contributed by atoms with Crippen molar-refractivity contribution in [3.05, 3.63) is 64.1 Å². The van der Waals surface area contributed by atoms with Crippen LogP contribution in [0.2, 0.25) is 0 Å². The molecule has 130 valence electrons. The number of nitrogens with zero attached hydrogens (tertiary/aromatic N) is 3. The fourth-order valence-electron chi connectivity index (χ4n) is 3.48. The van der Waals surface area contributed by atoms with Crippen LogP contribution in [0.1, 0.15) is 11.1 Å². The summed E-state index contributed by atoms with van der Waals surface area (Å²) < 4.78 is 7.11. The maximum atomic E-state index is 12.2. The molecule has 1 aliphatic heterocycles. The highest BCUT2D eigenvalue weighted by Gasteiger charge is 2.19. The second-order valence-corrected chi connectivity index (χ2v) is 6.85. The van der Waals surface area contributed by atoms with Crippen LogP contribution in [-0.4, -0.2) is 35.6 Å². The Bertz CT molecular complexity index is 949. The second-order valence-electron chi connectivity index (χ2n) is 6.85. The van der Waals surface area contributed by atoms with Gasteiger partial charge in [-0.25, -0.2) is 4.79 Å². The van der Waals surface area contributed by atoms with Gasteiger partial charge in [0.15, 0.2) is 5.58 Å². The summed E-state index contributed by atoms with van der Waals surface area (Å²) in [7, 11) is 0. The number of hydrogen-bond acceptors (Lipinski definition) is 4. The molecule has 1 fully saturated rings. The molecule has 0 atom stereocenters. The first-order chi connectivity index (χ1) is 12.1. The summed E-state index contributed by atoms with van der Waals surface area (Å²) in [6.07, 6.45) is 0. The molecule has 1 saturated heterocycles. The lowest BCUT2D eigenvalue weighted by atomic mass is 10.2. The summed E-state index contributed by atoms with van der Waals surface area (Å²) in [6.45, 7) is 8.52. The van der Waals surface area contributed by atoms with Crippen LogP contribution in [0, 0.1) is 13.8 Å². The third-order valence-corrected chi connectivity index (χ3v) is 4.90. The number of aryl methyl sites for hydroxylation is 2. The van der Waals surface area contributed by atoms with Gasteiger partial charge in [-0.05, 0) is 49.2 Å². The standard InChI is InChI=1S/C20H23N3O2/c1-15-4-3-5-17(12-15)22-10-8-21(9-11-22)14-23-18-13-16(2)6-7-19(18)25-20(23)24/h3-7,12-13H,8-11,14H2,1-2H3. The van der Waals surface area contributed by atoms with Crippen molar-refractivity contribution in [2.45, 2.75) is 20.5 Å². The largest absolute Gasteiger partial charge is 0.421 e. The van der Waals surface area contributed by atoms with E-state index in [0.717, 1.165) is 37.3 Å². The number of hydrogen-bond donors (Lipinski definition) is 0. The van der Waals surface area contributed by atoms with Gasteiger partial charge >= 0.3 is 5.76 Å². The van der Waals surface area contributed by atoms with Crippen LogP contribution in [0.5, 0.6) is 0 Å². The molecule has 5 heteroatoms. The van der Waals surface area contributed by atoms with Crippen LogP contribution in [0.4, 0.5) is 5.69 Å².